The molecule has 0 spiro atoms. The van der Waals surface area contributed by atoms with Gasteiger partial charge in [-0.3, -0.25) is 4.79 Å². The van der Waals surface area contributed by atoms with Crippen LogP contribution in [-0.4, -0.2) is 4.98 Å². The van der Waals surface area contributed by atoms with Crippen molar-refractivity contribution in [1.82, 2.24) is 4.98 Å². The summed E-state index contributed by atoms with van der Waals surface area (Å²) in [7, 11) is 0. The van der Waals surface area contributed by atoms with Crippen molar-refractivity contribution in [1.29, 1.82) is 0 Å². The van der Waals surface area contributed by atoms with E-state index in [0.717, 1.165) is 11.3 Å². The van der Waals surface area contributed by atoms with Crippen molar-refractivity contribution in [3.63, 3.8) is 0 Å². The monoisotopic (exact) mass is 121 g/mol. The van der Waals surface area contributed by atoms with E-state index in [1.54, 1.807) is 12.3 Å². The van der Waals surface area contributed by atoms with Crippen molar-refractivity contribution in [2.45, 2.75) is 12.8 Å². The molecule has 2 nitrogen and oxygen atoms in total. The minimum absolute atomic E-state index is 0.177. The van der Waals surface area contributed by atoms with Gasteiger partial charge in [0.15, 0.2) is 5.43 Å². The van der Waals surface area contributed by atoms with Gasteiger partial charge in [-0.15, -0.1) is 0 Å². The first-order valence-electron chi connectivity index (χ1n) is 3.02. The number of aromatic nitrogens is 1. The molecule has 1 aliphatic rings. The molecule has 2 heteroatoms. The van der Waals surface area contributed by atoms with Crippen LogP contribution in [0.15, 0.2) is 17.1 Å². The zero-order valence-electron chi connectivity index (χ0n) is 5.14. The molecule has 1 N–H and O–H groups in total. The molecular weight excluding hydrogens is 114 g/mol. The van der Waals surface area contributed by atoms with E-state index in [1.807, 2.05) is 6.92 Å². The Kier molecular flexibility index (Phi) is 0.673. The van der Waals surface area contributed by atoms with Gasteiger partial charge in [0, 0.05) is 29.4 Å². The number of H-pyrrole nitrogens is 1. The maximum Gasteiger partial charge on any atom is 0.185 e. The van der Waals surface area contributed by atoms with Gasteiger partial charge in [-0.2, -0.15) is 0 Å². The van der Waals surface area contributed by atoms with Crippen molar-refractivity contribution >= 4 is 0 Å². The van der Waals surface area contributed by atoms with Gasteiger partial charge in [0.1, 0.15) is 0 Å². The lowest BCUT2D eigenvalue weighted by Gasteiger charge is -1.73. The molecule has 0 amide bonds. The Balaban J connectivity index is 2.75. The normalized spacial score (nSPS) is 21.2. The predicted molar refractivity (Wildman–Crippen MR) is 34.6 cm³/mol. The van der Waals surface area contributed by atoms with Crippen LogP contribution < -0.4 is 5.43 Å². The number of aromatic amines is 1. The Morgan fingerprint density at radius 2 is 2.44 bits per heavy atom. The van der Waals surface area contributed by atoms with Gasteiger partial charge >= 0.3 is 0 Å². The molecule has 1 aromatic rings. The number of nitrogens with one attached hydrogen (secondary N) is 1. The minimum atomic E-state index is 0.177. The van der Waals surface area contributed by atoms with Crippen LogP contribution in [0.2, 0.25) is 0 Å². The highest BCUT2D eigenvalue weighted by atomic mass is 16.1. The van der Waals surface area contributed by atoms with E-state index in [1.165, 1.54) is 0 Å². The fourth-order valence-corrected chi connectivity index (χ4v) is 1.18. The maximum absolute atomic E-state index is 10.9. The van der Waals surface area contributed by atoms with E-state index in [4.69, 9.17) is 0 Å². The Bertz CT molecular complexity index is 300. The quantitative estimate of drug-likeness (QED) is 0.542. The summed E-state index contributed by atoms with van der Waals surface area (Å²) in [5.74, 6) is 0.396. The molecule has 1 aromatic heterocycles. The molecule has 0 bridgehead atoms. The number of hydrogen-bond acceptors (Lipinski definition) is 1. The second kappa shape index (κ2) is 1.26. The van der Waals surface area contributed by atoms with Gasteiger partial charge in [-0.05, 0) is 0 Å². The van der Waals surface area contributed by atoms with E-state index in [-0.39, 0.29) is 5.43 Å². The minimum Gasteiger partial charge on any atom is -0.364 e. The molecule has 1 unspecified atom stereocenters. The SMILES string of the molecule is CC1c2[nH]ccc(=O)c21. The zero-order valence-corrected chi connectivity index (χ0v) is 5.14. The Morgan fingerprint density at radius 1 is 1.67 bits per heavy atom. The van der Waals surface area contributed by atoms with Crippen molar-refractivity contribution in [3.8, 4) is 0 Å². The number of hydrogen-bond donors (Lipinski definition) is 1. The highest BCUT2D eigenvalue weighted by Crippen LogP contribution is 2.36. The van der Waals surface area contributed by atoms with Crippen LogP contribution in [0.4, 0.5) is 0 Å². The van der Waals surface area contributed by atoms with Crippen LogP contribution in [0.25, 0.3) is 0 Å². The Morgan fingerprint density at radius 3 is 3.00 bits per heavy atom. The molecule has 46 valence electrons. The summed E-state index contributed by atoms with van der Waals surface area (Å²) in [6.45, 7) is 2.03. The second-order valence-electron chi connectivity index (χ2n) is 2.39. The van der Waals surface area contributed by atoms with Crippen LogP contribution >= 0.6 is 0 Å². The highest BCUT2D eigenvalue weighted by Gasteiger charge is 2.31. The molecular formula is C7H7NO. The summed E-state index contributed by atoms with van der Waals surface area (Å²) in [4.78, 5) is 13.9. The third-order valence-electron chi connectivity index (χ3n) is 1.81. The summed E-state index contributed by atoms with van der Waals surface area (Å²) < 4.78 is 0. The van der Waals surface area contributed by atoms with Crippen molar-refractivity contribution in [2.24, 2.45) is 0 Å². The first kappa shape index (κ1) is 4.79. The summed E-state index contributed by atoms with van der Waals surface area (Å²) in [5, 5.41) is 0. The van der Waals surface area contributed by atoms with E-state index >= 15 is 0 Å². The number of rotatable bonds is 0. The van der Waals surface area contributed by atoms with E-state index in [9.17, 15) is 4.79 Å². The van der Waals surface area contributed by atoms with Crippen LogP contribution in [0.1, 0.15) is 24.1 Å². The lowest BCUT2D eigenvalue weighted by molar-refractivity contribution is 1.10. The summed E-state index contributed by atoms with van der Waals surface area (Å²) in [5.41, 5.74) is 2.26. The molecule has 0 radical (unpaired) electrons. The smallest absolute Gasteiger partial charge is 0.185 e. The van der Waals surface area contributed by atoms with Gasteiger partial charge in [-0.25, -0.2) is 0 Å². The van der Waals surface area contributed by atoms with Crippen molar-refractivity contribution in [3.05, 3.63) is 33.7 Å². The van der Waals surface area contributed by atoms with Gasteiger partial charge in [0.25, 0.3) is 0 Å². The van der Waals surface area contributed by atoms with Crippen molar-refractivity contribution < 1.29 is 0 Å². The van der Waals surface area contributed by atoms with E-state index in [2.05, 4.69) is 4.98 Å². The molecule has 1 aliphatic carbocycles. The fourth-order valence-electron chi connectivity index (χ4n) is 1.18. The summed E-state index contributed by atoms with van der Waals surface area (Å²) in [6.07, 6.45) is 1.70. The maximum atomic E-state index is 10.9. The van der Waals surface area contributed by atoms with Gasteiger partial charge < -0.3 is 4.98 Å². The standard InChI is InChI=1S/C7H7NO/c1-4-6-5(9)2-3-8-7(4)6/h2-4H,1H3,(H,8,9). The molecule has 1 atom stereocenters. The fraction of sp³-hybridized carbons (Fsp3) is 0.286. The number of fused-ring (bicyclic) bond motifs is 1. The van der Waals surface area contributed by atoms with Gasteiger partial charge in [0.05, 0.1) is 0 Å². The molecule has 0 aliphatic heterocycles. The molecule has 0 saturated heterocycles. The van der Waals surface area contributed by atoms with E-state index in [0.29, 0.717) is 5.92 Å². The molecule has 1 heterocycles. The van der Waals surface area contributed by atoms with Crippen LogP contribution in [0, 0.1) is 0 Å². The van der Waals surface area contributed by atoms with Crippen LogP contribution in [0.5, 0.6) is 0 Å². The first-order chi connectivity index (χ1) is 4.30. The number of pyridine rings is 1. The van der Waals surface area contributed by atoms with E-state index < -0.39 is 0 Å². The zero-order chi connectivity index (χ0) is 6.43. The molecule has 2 rings (SSSR count). The second-order valence-corrected chi connectivity index (χ2v) is 2.39. The lowest BCUT2D eigenvalue weighted by Crippen LogP contribution is -1.95. The average Bonchev–Trinajstić information content (AvgIpc) is 2.45. The summed E-state index contributed by atoms with van der Waals surface area (Å²) in [6, 6.07) is 1.57. The first-order valence-corrected chi connectivity index (χ1v) is 3.02. The van der Waals surface area contributed by atoms with Crippen molar-refractivity contribution in [2.75, 3.05) is 0 Å². The molecule has 0 aromatic carbocycles. The Labute approximate surface area is 52.5 Å². The van der Waals surface area contributed by atoms with Gasteiger partial charge in [0.2, 0.25) is 0 Å². The average molecular weight is 121 g/mol. The molecule has 0 saturated carbocycles. The predicted octanol–water partition coefficient (Wildman–Crippen LogP) is 0.840. The van der Waals surface area contributed by atoms with Crippen LogP contribution in [0.3, 0.4) is 0 Å². The van der Waals surface area contributed by atoms with Crippen LogP contribution in [-0.2, 0) is 0 Å². The molecule has 9 heavy (non-hydrogen) atoms. The largest absolute Gasteiger partial charge is 0.364 e. The van der Waals surface area contributed by atoms with Gasteiger partial charge in [-0.1, -0.05) is 6.92 Å². The topological polar surface area (TPSA) is 32.9 Å². The lowest BCUT2D eigenvalue weighted by atomic mass is 10.4. The Hall–Kier alpha value is -1.05. The highest BCUT2D eigenvalue weighted by molar-refractivity contribution is 5.45. The molecule has 0 fully saturated rings. The third kappa shape index (κ3) is 0.474. The third-order valence-corrected chi connectivity index (χ3v) is 1.81. The summed E-state index contributed by atoms with van der Waals surface area (Å²) >= 11 is 0.